The third-order valence-corrected chi connectivity index (χ3v) is 8.24. The molecule has 192 valence electrons. The zero-order chi connectivity index (χ0) is 25.1. The van der Waals surface area contributed by atoms with Gasteiger partial charge in [0.15, 0.2) is 0 Å². The Morgan fingerprint density at radius 3 is 2.54 bits per heavy atom. The van der Waals surface area contributed by atoms with Crippen molar-refractivity contribution in [2.75, 3.05) is 6.61 Å². The number of aliphatic hydroxyl groups is 3. The lowest BCUT2D eigenvalue weighted by Crippen LogP contribution is -2.42. The lowest BCUT2D eigenvalue weighted by molar-refractivity contribution is -0.143. The van der Waals surface area contributed by atoms with E-state index in [1.165, 1.54) is 4.90 Å². The van der Waals surface area contributed by atoms with Crippen molar-refractivity contribution in [3.8, 4) is 0 Å². The normalized spacial score (nSPS) is 27.1. The molecule has 1 aromatic rings. The molecule has 0 aromatic carbocycles. The van der Waals surface area contributed by atoms with Crippen LogP contribution in [0.5, 0.6) is 0 Å². The maximum Gasteiger partial charge on any atom is 0.234 e. The molecule has 2 heterocycles. The van der Waals surface area contributed by atoms with E-state index in [-0.39, 0.29) is 31.1 Å². The molecule has 2 aliphatic carbocycles. The number of hydrogen-bond donors (Lipinski definition) is 3. The molecule has 7 heteroatoms. The molecule has 4 atom stereocenters. The Morgan fingerprint density at radius 2 is 1.91 bits per heavy atom. The van der Waals surface area contributed by atoms with Gasteiger partial charge in [-0.2, -0.15) is 0 Å². The summed E-state index contributed by atoms with van der Waals surface area (Å²) in [5.74, 6) is -0.604. The molecular weight excluding hydrogens is 446 g/mol. The van der Waals surface area contributed by atoms with Gasteiger partial charge in [-0.3, -0.25) is 14.5 Å². The van der Waals surface area contributed by atoms with Crippen LogP contribution in [0, 0.1) is 17.8 Å². The topological polar surface area (TPSA) is 111 Å². The van der Waals surface area contributed by atoms with Crippen LogP contribution >= 0.6 is 0 Å². The molecule has 3 N–H and O–H groups in total. The van der Waals surface area contributed by atoms with Crippen LogP contribution in [0.15, 0.2) is 33.3 Å². The highest BCUT2D eigenvalue weighted by Crippen LogP contribution is 2.47. The first-order valence-corrected chi connectivity index (χ1v) is 13.1. The molecule has 1 aromatic heterocycles. The minimum absolute atomic E-state index is 0.0208. The van der Waals surface area contributed by atoms with E-state index in [1.807, 2.05) is 26.0 Å². The van der Waals surface area contributed by atoms with Crippen LogP contribution in [0.25, 0.3) is 6.08 Å². The minimum atomic E-state index is -0.792. The Labute approximate surface area is 207 Å². The van der Waals surface area contributed by atoms with Crippen molar-refractivity contribution in [1.29, 1.82) is 0 Å². The van der Waals surface area contributed by atoms with Crippen molar-refractivity contribution >= 4 is 17.9 Å². The van der Waals surface area contributed by atoms with Crippen LogP contribution in [0.4, 0.5) is 0 Å². The highest BCUT2D eigenvalue weighted by molar-refractivity contribution is 6.06. The van der Waals surface area contributed by atoms with Gasteiger partial charge in [0.05, 0.1) is 24.5 Å². The number of nitrogens with zero attached hydrogens (tertiary/aromatic N) is 1. The average Bonchev–Trinajstić information content (AvgIpc) is 3.42. The summed E-state index contributed by atoms with van der Waals surface area (Å²) in [7, 11) is 0. The van der Waals surface area contributed by atoms with Gasteiger partial charge < -0.3 is 19.7 Å². The summed E-state index contributed by atoms with van der Waals surface area (Å²) in [5.41, 5.74) is 2.76. The maximum atomic E-state index is 13.5. The van der Waals surface area contributed by atoms with Crippen molar-refractivity contribution in [2.45, 2.75) is 90.4 Å². The van der Waals surface area contributed by atoms with Gasteiger partial charge in [-0.15, -0.1) is 0 Å². The standard InChI is InChI=1S/C28H39NO6/c1-3-18(14-20-10-11-21(15-30)35-20)9-12-24(32)25-17(2)13-22-26(23(25)16-31)28(34)29(27(22)33)19-7-5-4-6-8-19/h10-11,14,19,22-24,26,30-32H,3-9,12-13,15-16H2,1-2H3/b18-14+/t22-,23+,24-,26-/m1/s1. The SMILES string of the molecule is CC/C(=C\c1ccc(CO)o1)CC[C@@H](O)C1=C(C)C[C@H]2C(=O)N(C3CCCCC3)C(=O)[C@H]2[C@H]1CO. The fraction of sp³-hybridized carbons (Fsp3) is 0.643. The second-order valence-corrected chi connectivity index (χ2v) is 10.4. The number of rotatable bonds is 9. The fourth-order valence-corrected chi connectivity index (χ4v) is 6.43. The summed E-state index contributed by atoms with van der Waals surface area (Å²) < 4.78 is 5.56. The number of allylic oxidation sites excluding steroid dienone is 2. The van der Waals surface area contributed by atoms with Gasteiger partial charge in [0.25, 0.3) is 0 Å². The van der Waals surface area contributed by atoms with Crippen molar-refractivity contribution in [3.63, 3.8) is 0 Å². The Balaban J connectivity index is 1.49. The van der Waals surface area contributed by atoms with E-state index >= 15 is 0 Å². The van der Waals surface area contributed by atoms with Crippen LogP contribution in [-0.4, -0.2) is 50.8 Å². The van der Waals surface area contributed by atoms with E-state index in [0.717, 1.165) is 55.2 Å². The predicted molar refractivity (Wildman–Crippen MR) is 132 cm³/mol. The Hall–Kier alpha value is -2.22. The highest BCUT2D eigenvalue weighted by Gasteiger charge is 2.55. The van der Waals surface area contributed by atoms with Gasteiger partial charge in [0.2, 0.25) is 11.8 Å². The number of amides is 2. The molecule has 3 aliphatic rings. The van der Waals surface area contributed by atoms with Crippen LogP contribution < -0.4 is 0 Å². The number of aliphatic hydroxyl groups excluding tert-OH is 3. The molecule has 35 heavy (non-hydrogen) atoms. The summed E-state index contributed by atoms with van der Waals surface area (Å²) in [6.45, 7) is 3.57. The zero-order valence-corrected chi connectivity index (χ0v) is 20.9. The van der Waals surface area contributed by atoms with E-state index in [4.69, 9.17) is 4.42 Å². The third kappa shape index (κ3) is 5.18. The highest BCUT2D eigenvalue weighted by atomic mass is 16.4. The Morgan fingerprint density at radius 1 is 1.17 bits per heavy atom. The molecule has 0 spiro atoms. The summed E-state index contributed by atoms with van der Waals surface area (Å²) in [4.78, 5) is 28.3. The summed E-state index contributed by atoms with van der Waals surface area (Å²) in [6.07, 6.45) is 8.45. The lowest BCUT2D eigenvalue weighted by atomic mass is 9.68. The molecule has 1 saturated carbocycles. The first-order chi connectivity index (χ1) is 16.9. The smallest absolute Gasteiger partial charge is 0.234 e. The molecule has 4 rings (SSSR count). The van der Waals surface area contributed by atoms with Gasteiger partial charge >= 0.3 is 0 Å². The van der Waals surface area contributed by atoms with Gasteiger partial charge in [0.1, 0.15) is 18.1 Å². The van der Waals surface area contributed by atoms with Crippen LogP contribution in [0.1, 0.15) is 83.2 Å². The number of carbonyl (C=O) groups is 2. The van der Waals surface area contributed by atoms with Crippen LogP contribution in [-0.2, 0) is 16.2 Å². The number of imide groups is 1. The molecule has 0 unspecified atom stereocenters. The lowest BCUT2D eigenvalue weighted by Gasteiger charge is -2.35. The van der Waals surface area contributed by atoms with Gasteiger partial charge in [-0.05, 0) is 69.2 Å². The Kier molecular flexibility index (Phi) is 8.30. The maximum absolute atomic E-state index is 13.5. The number of fused-ring (bicyclic) bond motifs is 1. The number of carbonyl (C=O) groups excluding carboxylic acids is 2. The monoisotopic (exact) mass is 485 g/mol. The first-order valence-electron chi connectivity index (χ1n) is 13.1. The van der Waals surface area contributed by atoms with Crippen molar-refractivity contribution in [1.82, 2.24) is 4.90 Å². The van der Waals surface area contributed by atoms with Gasteiger partial charge in [-0.1, -0.05) is 37.3 Å². The van der Waals surface area contributed by atoms with E-state index in [2.05, 4.69) is 0 Å². The molecule has 2 fully saturated rings. The van der Waals surface area contributed by atoms with E-state index in [0.29, 0.717) is 30.8 Å². The van der Waals surface area contributed by atoms with Crippen molar-refractivity contribution < 1.29 is 29.3 Å². The van der Waals surface area contributed by atoms with Gasteiger partial charge in [-0.25, -0.2) is 0 Å². The van der Waals surface area contributed by atoms with Crippen LogP contribution in [0.3, 0.4) is 0 Å². The third-order valence-electron chi connectivity index (χ3n) is 8.24. The number of furan rings is 1. The first kappa shape index (κ1) is 25.9. The average molecular weight is 486 g/mol. The number of hydrogen-bond acceptors (Lipinski definition) is 6. The quantitative estimate of drug-likeness (QED) is 0.361. The second-order valence-electron chi connectivity index (χ2n) is 10.4. The molecule has 0 radical (unpaired) electrons. The molecule has 7 nitrogen and oxygen atoms in total. The molecule has 1 aliphatic heterocycles. The molecular formula is C28H39NO6. The molecule has 0 bridgehead atoms. The molecule has 1 saturated heterocycles. The second kappa shape index (κ2) is 11.2. The fourth-order valence-electron chi connectivity index (χ4n) is 6.43. The predicted octanol–water partition coefficient (Wildman–Crippen LogP) is 3.97. The van der Waals surface area contributed by atoms with Crippen LogP contribution in [0.2, 0.25) is 0 Å². The molecule has 2 amide bonds. The summed E-state index contributed by atoms with van der Waals surface area (Å²) >= 11 is 0. The summed E-state index contributed by atoms with van der Waals surface area (Å²) in [5, 5.41) is 30.8. The Bertz CT molecular complexity index is 985. The minimum Gasteiger partial charge on any atom is -0.459 e. The largest absolute Gasteiger partial charge is 0.459 e. The van der Waals surface area contributed by atoms with Crippen molar-refractivity contribution in [3.05, 3.63) is 40.4 Å². The zero-order valence-electron chi connectivity index (χ0n) is 20.9. The van der Waals surface area contributed by atoms with E-state index in [1.54, 1.807) is 6.07 Å². The summed E-state index contributed by atoms with van der Waals surface area (Å²) in [6, 6.07) is 3.53. The van der Waals surface area contributed by atoms with Crippen molar-refractivity contribution in [2.24, 2.45) is 17.8 Å². The van der Waals surface area contributed by atoms with Gasteiger partial charge in [0, 0.05) is 12.0 Å². The van der Waals surface area contributed by atoms with E-state index < -0.39 is 23.9 Å². The number of likely N-dealkylation sites (tertiary alicyclic amines) is 1. The van der Waals surface area contributed by atoms with E-state index in [9.17, 15) is 24.9 Å².